The second-order valence-electron chi connectivity index (χ2n) is 7.16. The van der Waals surface area contributed by atoms with Crippen molar-refractivity contribution in [3.8, 4) is 0 Å². The molecule has 8 heteroatoms. The number of rotatable bonds is 5. The number of β-amino-alcohol motifs (C(OH)–C–C–N with tert-alkyl or cyclic N) is 1. The third-order valence-corrected chi connectivity index (χ3v) is 5.52. The molecule has 0 spiro atoms. The lowest BCUT2D eigenvalue weighted by Crippen LogP contribution is -2.47. The Morgan fingerprint density at radius 1 is 1.10 bits per heavy atom. The number of aliphatic hydroxyl groups excluding tert-OH is 1. The Hall–Kier alpha value is -2.87. The molecule has 1 aliphatic rings. The van der Waals surface area contributed by atoms with Crippen LogP contribution in [0.15, 0.2) is 57.7 Å². The van der Waals surface area contributed by atoms with Crippen LogP contribution in [0.5, 0.6) is 0 Å². The van der Waals surface area contributed by atoms with E-state index in [1.807, 2.05) is 12.1 Å². The molecule has 2 aromatic carbocycles. The number of piperazine rings is 1. The number of amides is 1. The third-order valence-electron chi connectivity index (χ3n) is 5.22. The summed E-state index contributed by atoms with van der Waals surface area (Å²) in [4.78, 5) is 29.2. The van der Waals surface area contributed by atoms with Crippen LogP contribution in [-0.2, 0) is 0 Å². The van der Waals surface area contributed by atoms with E-state index in [9.17, 15) is 9.59 Å². The highest BCUT2D eigenvalue weighted by Gasteiger charge is 2.19. The molecule has 1 saturated heterocycles. The van der Waals surface area contributed by atoms with Crippen molar-refractivity contribution in [1.29, 1.82) is 0 Å². The number of halogens is 1. The van der Waals surface area contributed by atoms with Crippen molar-refractivity contribution >= 4 is 39.9 Å². The number of benzene rings is 2. The minimum atomic E-state index is -0.685. The fourth-order valence-electron chi connectivity index (χ4n) is 3.61. The van der Waals surface area contributed by atoms with E-state index in [0.717, 1.165) is 31.9 Å². The topological polar surface area (TPSA) is 86.0 Å². The van der Waals surface area contributed by atoms with Crippen molar-refractivity contribution in [2.75, 3.05) is 49.5 Å². The summed E-state index contributed by atoms with van der Waals surface area (Å²) in [5, 5.41) is 13.0. The summed E-state index contributed by atoms with van der Waals surface area (Å²) in [6.07, 6.45) is 0. The van der Waals surface area contributed by atoms with Crippen LogP contribution in [0, 0.1) is 0 Å². The lowest BCUT2D eigenvalue weighted by molar-refractivity contribution is 0.102. The molecule has 1 aromatic heterocycles. The highest BCUT2D eigenvalue weighted by Crippen LogP contribution is 2.30. The Kier molecular flexibility index (Phi) is 6.03. The van der Waals surface area contributed by atoms with Gasteiger partial charge in [-0.2, -0.15) is 0 Å². The van der Waals surface area contributed by atoms with Gasteiger partial charge in [-0.1, -0.05) is 29.8 Å². The summed E-state index contributed by atoms with van der Waals surface area (Å²) in [6, 6.07) is 13.9. The zero-order valence-corrected chi connectivity index (χ0v) is 17.1. The van der Waals surface area contributed by atoms with Gasteiger partial charge in [-0.15, -0.1) is 0 Å². The van der Waals surface area contributed by atoms with Gasteiger partial charge in [-0.25, -0.2) is 4.79 Å². The van der Waals surface area contributed by atoms with Crippen LogP contribution in [-0.4, -0.2) is 55.2 Å². The van der Waals surface area contributed by atoms with Crippen molar-refractivity contribution in [3.05, 3.63) is 69.5 Å². The van der Waals surface area contributed by atoms with E-state index in [4.69, 9.17) is 21.1 Å². The van der Waals surface area contributed by atoms with Gasteiger partial charge in [0, 0.05) is 43.8 Å². The molecule has 2 heterocycles. The number of nitrogens with one attached hydrogen (secondary N) is 1. The molecule has 3 aromatic rings. The smallest absolute Gasteiger partial charge is 0.349 e. The molecule has 4 rings (SSSR count). The Morgan fingerprint density at radius 3 is 2.60 bits per heavy atom. The van der Waals surface area contributed by atoms with Crippen molar-refractivity contribution in [3.63, 3.8) is 0 Å². The molecule has 0 aliphatic carbocycles. The van der Waals surface area contributed by atoms with Crippen molar-refractivity contribution < 1.29 is 14.3 Å². The van der Waals surface area contributed by atoms with Crippen LogP contribution in [0.25, 0.3) is 11.0 Å². The average molecular weight is 428 g/mol. The number of anilines is 2. The van der Waals surface area contributed by atoms with Crippen LogP contribution >= 0.6 is 11.6 Å². The first-order valence-corrected chi connectivity index (χ1v) is 10.1. The van der Waals surface area contributed by atoms with Crippen LogP contribution in [0.1, 0.15) is 10.4 Å². The van der Waals surface area contributed by atoms with E-state index >= 15 is 0 Å². The number of fused-ring (bicyclic) bond motifs is 1. The minimum Gasteiger partial charge on any atom is -0.422 e. The minimum absolute atomic E-state index is 0.0612. The average Bonchev–Trinajstić information content (AvgIpc) is 2.74. The monoisotopic (exact) mass is 427 g/mol. The number of carbonyl (C=O) groups is 1. The molecular formula is C22H22ClN3O4. The van der Waals surface area contributed by atoms with Crippen LogP contribution in [0.4, 0.5) is 11.4 Å². The first-order chi connectivity index (χ1) is 14.5. The number of para-hydroxylation sites is 1. The SMILES string of the molecule is O=C(Nc1ccc(N2CCN(CCO)CC2)c(Cl)c1)c1cc2ccccc2oc1=O. The second kappa shape index (κ2) is 8.87. The van der Waals surface area contributed by atoms with Crippen LogP contribution < -0.4 is 15.8 Å². The largest absolute Gasteiger partial charge is 0.422 e. The maximum absolute atomic E-state index is 12.6. The van der Waals surface area contributed by atoms with Crippen LogP contribution in [0.2, 0.25) is 5.02 Å². The Balaban J connectivity index is 1.48. The summed E-state index contributed by atoms with van der Waals surface area (Å²) < 4.78 is 5.23. The molecule has 0 bridgehead atoms. The molecule has 0 radical (unpaired) electrons. The van der Waals surface area contributed by atoms with E-state index in [1.54, 1.807) is 30.3 Å². The summed E-state index contributed by atoms with van der Waals surface area (Å²) in [6.45, 7) is 4.16. The van der Waals surface area contributed by atoms with Gasteiger partial charge < -0.3 is 19.7 Å². The van der Waals surface area contributed by atoms with Gasteiger partial charge >= 0.3 is 5.63 Å². The Bertz CT molecular complexity index is 1120. The summed E-state index contributed by atoms with van der Waals surface area (Å²) in [7, 11) is 0. The molecule has 1 aliphatic heterocycles. The van der Waals surface area contributed by atoms with Gasteiger partial charge in [0.2, 0.25) is 0 Å². The van der Waals surface area contributed by atoms with Gasteiger partial charge in [0.25, 0.3) is 5.91 Å². The van der Waals surface area contributed by atoms with E-state index < -0.39 is 11.5 Å². The molecular weight excluding hydrogens is 406 g/mol. The first-order valence-electron chi connectivity index (χ1n) is 9.77. The van der Waals surface area contributed by atoms with Crippen molar-refractivity contribution in [2.45, 2.75) is 0 Å². The summed E-state index contributed by atoms with van der Waals surface area (Å²) in [5.74, 6) is -0.545. The third kappa shape index (κ3) is 4.33. The standard InChI is InChI=1S/C22H22ClN3O4/c23-18-14-16(5-6-19(18)26-9-7-25(8-10-26)11-12-27)24-21(28)17-13-15-3-1-2-4-20(15)30-22(17)29/h1-6,13-14,27H,7-12H2,(H,24,28). The molecule has 0 atom stereocenters. The fourth-order valence-corrected chi connectivity index (χ4v) is 3.91. The summed E-state index contributed by atoms with van der Waals surface area (Å²) >= 11 is 6.47. The van der Waals surface area contributed by atoms with E-state index in [2.05, 4.69) is 15.1 Å². The van der Waals surface area contributed by atoms with Gasteiger partial charge in [-0.05, 0) is 30.3 Å². The molecule has 2 N–H and O–H groups in total. The first kappa shape index (κ1) is 20.4. The molecule has 0 saturated carbocycles. The maximum atomic E-state index is 12.6. The zero-order valence-electron chi connectivity index (χ0n) is 16.3. The quantitative estimate of drug-likeness (QED) is 0.609. The normalized spacial score (nSPS) is 14.8. The van der Waals surface area contributed by atoms with E-state index in [1.165, 1.54) is 6.07 Å². The van der Waals surface area contributed by atoms with E-state index in [-0.39, 0.29) is 12.2 Å². The van der Waals surface area contributed by atoms with Gasteiger partial charge in [-0.3, -0.25) is 9.69 Å². The Labute approximate surface area is 178 Å². The lowest BCUT2D eigenvalue weighted by atomic mass is 10.1. The Morgan fingerprint density at radius 2 is 1.87 bits per heavy atom. The van der Waals surface area contributed by atoms with Gasteiger partial charge in [0.15, 0.2) is 0 Å². The zero-order chi connectivity index (χ0) is 21.1. The number of aliphatic hydroxyl groups is 1. The summed E-state index contributed by atoms with van der Waals surface area (Å²) in [5.41, 5.74) is 1.08. The highest BCUT2D eigenvalue weighted by atomic mass is 35.5. The number of hydrogen-bond donors (Lipinski definition) is 2. The predicted molar refractivity (Wildman–Crippen MR) is 118 cm³/mol. The van der Waals surface area contributed by atoms with Gasteiger partial charge in [0.1, 0.15) is 11.1 Å². The van der Waals surface area contributed by atoms with Crippen molar-refractivity contribution in [1.82, 2.24) is 4.90 Å². The number of carbonyl (C=O) groups excluding carboxylic acids is 1. The number of nitrogens with zero attached hydrogens (tertiary/aromatic N) is 2. The molecule has 1 amide bonds. The van der Waals surface area contributed by atoms with E-state index in [0.29, 0.717) is 28.2 Å². The maximum Gasteiger partial charge on any atom is 0.349 e. The molecule has 156 valence electrons. The van der Waals surface area contributed by atoms with Crippen LogP contribution in [0.3, 0.4) is 0 Å². The van der Waals surface area contributed by atoms with Gasteiger partial charge in [0.05, 0.1) is 17.3 Å². The predicted octanol–water partition coefficient (Wildman–Crippen LogP) is 2.81. The lowest BCUT2D eigenvalue weighted by Gasteiger charge is -2.36. The molecule has 1 fully saturated rings. The molecule has 7 nitrogen and oxygen atoms in total. The highest BCUT2D eigenvalue weighted by molar-refractivity contribution is 6.33. The fraction of sp³-hybridized carbons (Fsp3) is 0.273. The number of hydrogen-bond acceptors (Lipinski definition) is 6. The second-order valence-corrected chi connectivity index (χ2v) is 7.57. The molecule has 0 unspecified atom stereocenters. The van der Waals surface area contributed by atoms with Crippen molar-refractivity contribution in [2.24, 2.45) is 0 Å². The molecule has 30 heavy (non-hydrogen) atoms.